The summed E-state index contributed by atoms with van der Waals surface area (Å²) in [5.41, 5.74) is -0.233. The topological polar surface area (TPSA) is 132 Å². The molecule has 37 heavy (non-hydrogen) atoms. The number of aromatic nitrogens is 5. The lowest BCUT2D eigenvalue weighted by Gasteiger charge is -2.16. The molecule has 5 rings (SSSR count). The van der Waals surface area contributed by atoms with E-state index in [9.17, 15) is 23.6 Å². The Bertz CT molecular complexity index is 1850. The van der Waals surface area contributed by atoms with E-state index in [4.69, 9.17) is 4.42 Å². The molecule has 0 saturated carbocycles. The van der Waals surface area contributed by atoms with Crippen LogP contribution >= 0.6 is 0 Å². The number of rotatable bonds is 5. The normalized spacial score (nSPS) is 11.0. The van der Waals surface area contributed by atoms with Crippen LogP contribution in [0, 0.1) is 36.8 Å². The summed E-state index contributed by atoms with van der Waals surface area (Å²) in [4.78, 5) is 38.7. The third kappa shape index (κ3) is 4.45. The number of halogens is 2. The van der Waals surface area contributed by atoms with E-state index in [1.54, 1.807) is 32.2 Å². The highest BCUT2D eigenvalue weighted by molar-refractivity contribution is 5.78. The molecule has 12 heteroatoms. The molecule has 10 nitrogen and oxygen atoms in total. The van der Waals surface area contributed by atoms with Gasteiger partial charge in [-0.15, -0.1) is 0 Å². The summed E-state index contributed by atoms with van der Waals surface area (Å²) in [5.74, 6) is -1.38. The van der Waals surface area contributed by atoms with Crippen LogP contribution in [0.25, 0.3) is 16.8 Å². The third-order valence-corrected chi connectivity index (χ3v) is 5.51. The summed E-state index contributed by atoms with van der Waals surface area (Å²) in [6.07, 6.45) is 2.89. The Morgan fingerprint density at radius 2 is 1.86 bits per heavy atom. The average molecular weight is 501 g/mol. The Hall–Kier alpha value is -5.18. The van der Waals surface area contributed by atoms with E-state index < -0.39 is 23.0 Å². The molecule has 0 spiro atoms. The van der Waals surface area contributed by atoms with Crippen LogP contribution in [0.15, 0.2) is 62.8 Å². The fraction of sp³-hybridized carbons (Fsp3) is 0.120. The Balaban J connectivity index is 1.69. The lowest BCUT2D eigenvalue weighted by Crippen LogP contribution is -2.41. The van der Waals surface area contributed by atoms with Gasteiger partial charge in [0.15, 0.2) is 11.5 Å². The zero-order valence-electron chi connectivity index (χ0n) is 19.5. The van der Waals surface area contributed by atoms with Crippen molar-refractivity contribution in [3.8, 4) is 11.8 Å². The van der Waals surface area contributed by atoms with Gasteiger partial charge in [-0.05, 0) is 36.2 Å². The molecule has 5 aromatic rings. The van der Waals surface area contributed by atoms with Gasteiger partial charge in [0.1, 0.15) is 23.2 Å². The van der Waals surface area contributed by atoms with Gasteiger partial charge in [0.05, 0.1) is 29.7 Å². The predicted octanol–water partition coefficient (Wildman–Crippen LogP) is 3.49. The minimum Gasteiger partial charge on any atom is -0.441 e. The van der Waals surface area contributed by atoms with Gasteiger partial charge in [-0.3, -0.25) is 9.55 Å². The number of nitriles is 1. The Kier molecular flexibility index (Phi) is 5.81. The molecule has 0 radical (unpaired) electrons. The summed E-state index contributed by atoms with van der Waals surface area (Å²) in [6.45, 7) is 3.14. The van der Waals surface area contributed by atoms with E-state index in [0.717, 1.165) is 21.3 Å². The molecule has 1 N–H and O–H groups in total. The first-order valence-electron chi connectivity index (χ1n) is 10.9. The maximum atomic E-state index is 14.9. The van der Waals surface area contributed by atoms with Crippen molar-refractivity contribution in [2.24, 2.45) is 0 Å². The number of hydrogen-bond acceptors (Lipinski definition) is 8. The van der Waals surface area contributed by atoms with E-state index in [1.807, 2.05) is 0 Å². The number of aryl methyl sites for hydroxylation is 2. The van der Waals surface area contributed by atoms with Crippen LogP contribution in [0.1, 0.15) is 22.6 Å². The molecule has 0 atom stereocenters. The molecule has 0 unspecified atom stereocenters. The first-order chi connectivity index (χ1) is 17.7. The van der Waals surface area contributed by atoms with Crippen LogP contribution in [0.5, 0.6) is 0 Å². The van der Waals surface area contributed by atoms with Gasteiger partial charge in [-0.25, -0.2) is 27.9 Å². The first kappa shape index (κ1) is 23.6. The SMILES string of the molecule is Cc1cncc(-n2c(=O)nc(Nc3cc4oc(C)nc4cc3F)n(Cc3ccc(F)c(C#N)c3)c2=O)c1. The minimum atomic E-state index is -0.926. The fourth-order valence-electron chi connectivity index (χ4n) is 3.83. The van der Waals surface area contributed by atoms with Gasteiger partial charge in [-0.2, -0.15) is 10.2 Å². The number of benzene rings is 2. The van der Waals surface area contributed by atoms with Crippen LogP contribution in [0.2, 0.25) is 0 Å². The van der Waals surface area contributed by atoms with Crippen molar-refractivity contribution < 1.29 is 13.2 Å². The Morgan fingerprint density at radius 3 is 2.62 bits per heavy atom. The summed E-state index contributed by atoms with van der Waals surface area (Å²) < 4.78 is 36.1. The number of nitrogens with zero attached hydrogens (tertiary/aromatic N) is 6. The van der Waals surface area contributed by atoms with E-state index in [2.05, 4.69) is 20.3 Å². The lowest BCUT2D eigenvalue weighted by atomic mass is 10.1. The van der Waals surface area contributed by atoms with Crippen LogP contribution in [-0.2, 0) is 6.54 Å². The second-order valence-corrected chi connectivity index (χ2v) is 8.23. The fourth-order valence-corrected chi connectivity index (χ4v) is 3.83. The average Bonchev–Trinajstić information content (AvgIpc) is 3.21. The maximum absolute atomic E-state index is 14.9. The molecule has 0 aliphatic carbocycles. The number of fused-ring (bicyclic) bond motifs is 1. The van der Waals surface area contributed by atoms with Crippen LogP contribution < -0.4 is 16.7 Å². The van der Waals surface area contributed by atoms with Crippen LogP contribution in [0.3, 0.4) is 0 Å². The summed E-state index contributed by atoms with van der Waals surface area (Å²) in [5, 5.41) is 11.9. The number of nitrogens with one attached hydrogen (secondary N) is 1. The second kappa shape index (κ2) is 9.12. The quantitative estimate of drug-likeness (QED) is 0.387. The molecule has 3 aromatic heterocycles. The van der Waals surface area contributed by atoms with Gasteiger partial charge >= 0.3 is 11.4 Å². The molecule has 0 fully saturated rings. The van der Waals surface area contributed by atoms with Gasteiger partial charge in [0.25, 0.3) is 0 Å². The van der Waals surface area contributed by atoms with Gasteiger partial charge in [-0.1, -0.05) is 6.07 Å². The van der Waals surface area contributed by atoms with Crippen molar-refractivity contribution in [3.05, 3.63) is 104 Å². The largest absolute Gasteiger partial charge is 0.441 e. The van der Waals surface area contributed by atoms with Crippen molar-refractivity contribution in [2.45, 2.75) is 20.4 Å². The number of anilines is 2. The molecular formula is C25H17F2N7O3. The van der Waals surface area contributed by atoms with Crippen molar-refractivity contribution in [1.82, 2.24) is 24.1 Å². The number of oxazole rings is 1. The molecule has 0 aliphatic rings. The standard InChI is InChI=1S/C25H17F2N7O3/c1-13-5-17(11-29-10-13)34-24(35)32-23(31-20-8-22-21(7-19(20)27)30-14(2)37-22)33(25(34)36)12-15-3-4-18(26)16(6-15)9-28/h3-8,10-11H,12H2,1-2H3,(H,31,32,35). The van der Waals surface area contributed by atoms with E-state index in [-0.39, 0.29) is 35.0 Å². The van der Waals surface area contributed by atoms with Gasteiger partial charge < -0.3 is 9.73 Å². The molecule has 0 saturated heterocycles. The van der Waals surface area contributed by atoms with Crippen LogP contribution in [0.4, 0.5) is 20.4 Å². The third-order valence-electron chi connectivity index (χ3n) is 5.51. The second-order valence-electron chi connectivity index (χ2n) is 8.23. The highest BCUT2D eigenvalue weighted by Crippen LogP contribution is 2.25. The van der Waals surface area contributed by atoms with E-state index in [1.165, 1.54) is 24.4 Å². The van der Waals surface area contributed by atoms with Crippen molar-refractivity contribution in [1.29, 1.82) is 5.26 Å². The zero-order valence-corrected chi connectivity index (χ0v) is 19.5. The zero-order chi connectivity index (χ0) is 26.3. The van der Waals surface area contributed by atoms with Gasteiger partial charge in [0.2, 0.25) is 5.95 Å². The predicted molar refractivity (Wildman–Crippen MR) is 129 cm³/mol. The highest BCUT2D eigenvalue weighted by atomic mass is 19.1. The summed E-state index contributed by atoms with van der Waals surface area (Å²) in [7, 11) is 0. The molecule has 184 valence electrons. The Labute approximate surface area is 207 Å². The molecular weight excluding hydrogens is 484 g/mol. The molecule has 0 amide bonds. The molecule has 0 aliphatic heterocycles. The van der Waals surface area contributed by atoms with Crippen molar-refractivity contribution in [2.75, 3.05) is 5.32 Å². The lowest BCUT2D eigenvalue weighted by molar-refractivity contribution is 0.560. The first-order valence-corrected chi connectivity index (χ1v) is 10.9. The van der Waals surface area contributed by atoms with E-state index in [0.29, 0.717) is 22.5 Å². The summed E-state index contributed by atoms with van der Waals surface area (Å²) >= 11 is 0. The monoisotopic (exact) mass is 501 g/mol. The van der Waals surface area contributed by atoms with Gasteiger partial charge in [0, 0.05) is 25.3 Å². The van der Waals surface area contributed by atoms with Crippen molar-refractivity contribution in [3.63, 3.8) is 0 Å². The molecule has 0 bridgehead atoms. The van der Waals surface area contributed by atoms with E-state index >= 15 is 0 Å². The number of hydrogen-bond donors (Lipinski definition) is 1. The summed E-state index contributed by atoms with van der Waals surface area (Å²) in [6, 6.07) is 9.58. The maximum Gasteiger partial charge on any atom is 0.359 e. The van der Waals surface area contributed by atoms with Crippen LogP contribution in [-0.4, -0.2) is 24.1 Å². The number of pyridine rings is 1. The molecule has 3 heterocycles. The Morgan fingerprint density at radius 1 is 1.05 bits per heavy atom. The molecule has 2 aromatic carbocycles. The smallest absolute Gasteiger partial charge is 0.359 e. The van der Waals surface area contributed by atoms with Crippen molar-refractivity contribution >= 4 is 22.7 Å². The minimum absolute atomic E-state index is 0.115. The highest BCUT2D eigenvalue weighted by Gasteiger charge is 2.18.